The highest BCUT2D eigenvalue weighted by molar-refractivity contribution is 7.97. The second-order valence-electron chi connectivity index (χ2n) is 5.91. The van der Waals surface area contributed by atoms with Gasteiger partial charge in [-0.05, 0) is 12.8 Å². The Morgan fingerprint density at radius 3 is 2.16 bits per heavy atom. The Morgan fingerprint density at radius 2 is 1.64 bits per heavy atom. The molecule has 0 spiro atoms. The molecule has 140 valence electrons. The number of alkyl halides is 2. The molecule has 0 radical (unpaired) electrons. The number of nitrogens with zero attached hydrogens (tertiary/aromatic N) is 1. The van der Waals surface area contributed by atoms with Crippen LogP contribution in [0.15, 0.2) is 35.5 Å². The first-order valence-electron chi connectivity index (χ1n) is 7.69. The molecular weight excluding hydrogens is 409 g/mol. The fourth-order valence-electron chi connectivity index (χ4n) is 2.69. The highest BCUT2D eigenvalue weighted by atomic mass is 35.5. The van der Waals surface area contributed by atoms with Crippen molar-refractivity contribution in [2.45, 2.75) is 41.0 Å². The molecule has 1 fully saturated rings. The second-order valence-corrected chi connectivity index (χ2v) is 11.6. The van der Waals surface area contributed by atoms with Gasteiger partial charge < -0.3 is 0 Å². The predicted molar refractivity (Wildman–Crippen MR) is 99.1 cm³/mol. The Kier molecular flexibility index (Phi) is 6.40. The summed E-state index contributed by atoms with van der Waals surface area (Å²) < 4.78 is 50.6. The number of hydrogen-bond donors (Lipinski definition) is 0. The zero-order chi connectivity index (χ0) is 18.7. The van der Waals surface area contributed by atoms with Gasteiger partial charge in [0.15, 0.2) is 9.84 Å². The third-order valence-corrected chi connectivity index (χ3v) is 8.19. The Balaban J connectivity index is 2.51. The largest absolute Gasteiger partial charge is 0.325 e. The fourth-order valence-corrected chi connectivity index (χ4v) is 5.74. The summed E-state index contributed by atoms with van der Waals surface area (Å²) in [5.74, 6) is 0. The third-order valence-electron chi connectivity index (χ3n) is 3.94. The van der Waals surface area contributed by atoms with Gasteiger partial charge in [0.2, 0.25) is 0 Å². The summed E-state index contributed by atoms with van der Waals surface area (Å²) in [5.41, 5.74) is -0.108. The Bertz CT molecular complexity index is 830. The van der Waals surface area contributed by atoms with Crippen molar-refractivity contribution in [3.05, 3.63) is 35.9 Å². The summed E-state index contributed by atoms with van der Waals surface area (Å²) in [7, 11) is -8.01. The van der Waals surface area contributed by atoms with E-state index in [9.17, 15) is 16.8 Å². The Hall–Kier alpha value is -0.830. The fraction of sp³-hybridized carbons (Fsp3) is 0.533. The number of halogens is 2. The topological polar surface area (TPSA) is 89.9 Å². The molecule has 0 heterocycles. The summed E-state index contributed by atoms with van der Waals surface area (Å²) >= 11 is 12.5. The van der Waals surface area contributed by atoms with Crippen molar-refractivity contribution >= 4 is 48.9 Å². The van der Waals surface area contributed by atoms with Crippen LogP contribution in [0.2, 0.25) is 0 Å². The lowest BCUT2D eigenvalue weighted by Gasteiger charge is -2.29. The molecule has 0 bridgehead atoms. The molecule has 0 saturated heterocycles. The molecule has 0 unspecified atom stereocenters. The van der Waals surface area contributed by atoms with E-state index in [-0.39, 0.29) is 11.3 Å². The minimum absolute atomic E-state index is 0.260. The van der Waals surface area contributed by atoms with Crippen LogP contribution in [-0.4, -0.2) is 37.7 Å². The van der Waals surface area contributed by atoms with Crippen LogP contribution in [0.3, 0.4) is 0 Å². The number of sulfone groups is 1. The molecule has 2 rings (SSSR count). The average molecular weight is 428 g/mol. The van der Waals surface area contributed by atoms with E-state index < -0.39 is 28.9 Å². The maximum absolute atomic E-state index is 13.0. The smallest absolute Gasteiger partial charge is 0.268 e. The van der Waals surface area contributed by atoms with Crippen LogP contribution in [0.5, 0.6) is 0 Å². The van der Waals surface area contributed by atoms with E-state index in [1.54, 1.807) is 18.2 Å². The Labute approximate surface area is 158 Å². The van der Waals surface area contributed by atoms with Gasteiger partial charge in [-0.1, -0.05) is 78.0 Å². The van der Waals surface area contributed by atoms with Crippen LogP contribution >= 0.6 is 23.2 Å². The third kappa shape index (κ3) is 4.87. The van der Waals surface area contributed by atoms with Gasteiger partial charge in [0, 0.05) is 5.56 Å². The summed E-state index contributed by atoms with van der Waals surface area (Å²) in [6.07, 6.45) is 4.20. The molecule has 6 nitrogen and oxygen atoms in total. The first-order valence-corrected chi connectivity index (χ1v) is 11.8. The van der Waals surface area contributed by atoms with Gasteiger partial charge in [-0.2, -0.15) is 8.42 Å². The molecule has 1 aromatic carbocycles. The summed E-state index contributed by atoms with van der Waals surface area (Å²) in [6.45, 7) is 0. The standard InChI is InChI=1S/C15H19Cl2NO5S2/c1-24(19,20)23-18-14(12-8-4-2-5-9-12)15(16,17)25(21,22)13-10-6-3-7-11-13/h2,4-5,8-9,13H,3,6-7,10-11H2,1H3. The van der Waals surface area contributed by atoms with E-state index in [1.807, 2.05) is 0 Å². The van der Waals surface area contributed by atoms with Crippen LogP contribution in [-0.2, 0) is 24.2 Å². The van der Waals surface area contributed by atoms with E-state index in [1.165, 1.54) is 12.1 Å². The van der Waals surface area contributed by atoms with Crippen LogP contribution in [0.4, 0.5) is 0 Å². The number of benzene rings is 1. The highest BCUT2D eigenvalue weighted by Gasteiger charge is 2.50. The molecule has 0 amide bonds. The van der Waals surface area contributed by atoms with Crippen molar-refractivity contribution in [2.75, 3.05) is 6.26 Å². The van der Waals surface area contributed by atoms with Gasteiger partial charge in [-0.25, -0.2) is 8.42 Å². The average Bonchev–Trinajstić information content (AvgIpc) is 2.55. The normalized spacial score (nSPS) is 18.1. The SMILES string of the molecule is CS(=O)(=O)ON=C(c1ccccc1)C(Cl)(Cl)S(=O)(=O)C1CCCCC1. The first kappa shape index (κ1) is 20.5. The van der Waals surface area contributed by atoms with Crippen molar-refractivity contribution in [1.29, 1.82) is 0 Å². The minimum Gasteiger partial charge on any atom is -0.268 e. The summed E-state index contributed by atoms with van der Waals surface area (Å²) in [6, 6.07) is 8.02. The zero-order valence-electron chi connectivity index (χ0n) is 13.6. The van der Waals surface area contributed by atoms with Gasteiger partial charge in [0.1, 0.15) is 5.71 Å². The van der Waals surface area contributed by atoms with Crippen LogP contribution in [0.25, 0.3) is 0 Å². The minimum atomic E-state index is -4.05. The van der Waals surface area contributed by atoms with E-state index in [4.69, 9.17) is 23.2 Å². The second kappa shape index (κ2) is 7.82. The summed E-state index contributed by atoms with van der Waals surface area (Å²) in [4.78, 5) is 0. The van der Waals surface area contributed by atoms with Crippen molar-refractivity contribution < 1.29 is 21.1 Å². The molecule has 1 aliphatic carbocycles. The molecule has 0 aromatic heterocycles. The molecule has 0 N–H and O–H groups in total. The lowest BCUT2D eigenvalue weighted by atomic mass is 10.0. The van der Waals surface area contributed by atoms with Gasteiger partial charge in [-0.3, -0.25) is 4.28 Å². The Morgan fingerprint density at radius 1 is 1.08 bits per heavy atom. The van der Waals surface area contributed by atoms with E-state index in [0.717, 1.165) is 25.5 Å². The number of hydrogen-bond acceptors (Lipinski definition) is 6. The van der Waals surface area contributed by atoms with Crippen LogP contribution in [0, 0.1) is 0 Å². The lowest BCUT2D eigenvalue weighted by Crippen LogP contribution is -2.43. The van der Waals surface area contributed by atoms with E-state index in [0.29, 0.717) is 12.8 Å². The highest BCUT2D eigenvalue weighted by Crippen LogP contribution is 2.40. The monoisotopic (exact) mass is 427 g/mol. The summed E-state index contributed by atoms with van der Waals surface area (Å²) in [5, 5.41) is 2.78. The van der Waals surface area contributed by atoms with E-state index >= 15 is 0 Å². The molecule has 0 aliphatic heterocycles. The number of oxime groups is 1. The van der Waals surface area contributed by atoms with Crippen LogP contribution in [0.1, 0.15) is 37.7 Å². The van der Waals surface area contributed by atoms with Crippen molar-refractivity contribution in [2.24, 2.45) is 5.16 Å². The molecular formula is C15H19Cl2NO5S2. The van der Waals surface area contributed by atoms with E-state index in [2.05, 4.69) is 9.44 Å². The zero-order valence-corrected chi connectivity index (χ0v) is 16.7. The molecule has 1 aromatic rings. The molecule has 25 heavy (non-hydrogen) atoms. The lowest BCUT2D eigenvalue weighted by molar-refractivity contribution is 0.342. The molecule has 0 atom stereocenters. The van der Waals surface area contributed by atoms with Gasteiger partial charge in [0.25, 0.3) is 3.67 Å². The number of rotatable bonds is 6. The first-order chi connectivity index (χ1) is 11.6. The van der Waals surface area contributed by atoms with Crippen LogP contribution < -0.4 is 0 Å². The quantitative estimate of drug-likeness (QED) is 0.394. The molecule has 1 saturated carbocycles. The maximum atomic E-state index is 13.0. The van der Waals surface area contributed by atoms with Crippen molar-refractivity contribution in [1.82, 2.24) is 0 Å². The predicted octanol–water partition coefficient (Wildman–Crippen LogP) is 3.25. The van der Waals surface area contributed by atoms with Crippen molar-refractivity contribution in [3.63, 3.8) is 0 Å². The molecule has 1 aliphatic rings. The molecule has 10 heteroatoms. The van der Waals surface area contributed by atoms with Crippen molar-refractivity contribution in [3.8, 4) is 0 Å². The van der Waals surface area contributed by atoms with Gasteiger partial charge in [-0.15, -0.1) is 0 Å². The van der Waals surface area contributed by atoms with Gasteiger partial charge >= 0.3 is 10.1 Å². The van der Waals surface area contributed by atoms with Gasteiger partial charge in [0.05, 0.1) is 11.5 Å². The maximum Gasteiger partial charge on any atom is 0.325 e.